The van der Waals surface area contributed by atoms with Crippen molar-refractivity contribution in [2.24, 2.45) is 0 Å². The van der Waals surface area contributed by atoms with Crippen LogP contribution in [0.5, 0.6) is 0 Å². The molecule has 0 aliphatic carbocycles. The Hall–Kier alpha value is -0.930. The van der Waals surface area contributed by atoms with Gasteiger partial charge in [-0.25, -0.2) is 0 Å². The summed E-state index contributed by atoms with van der Waals surface area (Å²) < 4.78 is 0. The number of hydrogen-bond acceptors (Lipinski definition) is 3. The quantitative estimate of drug-likeness (QED) is 0.739. The van der Waals surface area contributed by atoms with E-state index in [0.717, 1.165) is 13.0 Å². The first-order valence-electron chi connectivity index (χ1n) is 5.24. The van der Waals surface area contributed by atoms with Crippen molar-refractivity contribution < 1.29 is 4.79 Å². The maximum Gasteiger partial charge on any atom is 0.241 e. The second-order valence-electron chi connectivity index (χ2n) is 4.36. The van der Waals surface area contributed by atoms with Crippen LogP contribution >= 0.6 is 11.6 Å². The minimum absolute atomic E-state index is 0.329. The molecule has 0 saturated heterocycles. The van der Waals surface area contributed by atoms with E-state index in [-0.39, 0.29) is 5.24 Å². The van der Waals surface area contributed by atoms with Gasteiger partial charge in [0.15, 0.2) is 0 Å². The summed E-state index contributed by atoms with van der Waals surface area (Å²) in [6, 6.07) is 3.95. The summed E-state index contributed by atoms with van der Waals surface area (Å²) in [5, 5.41) is -0.329. The van der Waals surface area contributed by atoms with Gasteiger partial charge in [-0.1, -0.05) is 0 Å². The Morgan fingerprint density at radius 1 is 1.44 bits per heavy atom. The number of aromatic nitrogens is 1. The lowest BCUT2D eigenvalue weighted by molar-refractivity contribution is -0.120. The van der Waals surface area contributed by atoms with Crippen LogP contribution in [0.4, 0.5) is 0 Å². The van der Waals surface area contributed by atoms with E-state index in [1.807, 2.05) is 37.9 Å². The Morgan fingerprint density at radius 3 is 2.50 bits per heavy atom. The van der Waals surface area contributed by atoms with Crippen molar-refractivity contribution in [2.75, 3.05) is 13.6 Å². The van der Waals surface area contributed by atoms with Crippen LogP contribution in [0.3, 0.4) is 0 Å². The fraction of sp³-hybridized carbons (Fsp3) is 0.500. The zero-order valence-corrected chi connectivity index (χ0v) is 10.7. The molecule has 0 amide bonds. The van der Waals surface area contributed by atoms with Crippen LogP contribution in [0.2, 0.25) is 0 Å². The number of carbonyl (C=O) groups excluding carboxylic acids is 1. The predicted octanol–water partition coefficient (Wildman–Crippen LogP) is 2.10. The zero-order valence-electron chi connectivity index (χ0n) is 9.90. The molecule has 0 unspecified atom stereocenters. The van der Waals surface area contributed by atoms with Gasteiger partial charge in [0.2, 0.25) is 5.24 Å². The third kappa shape index (κ3) is 3.29. The molecule has 1 aromatic rings. The molecule has 88 valence electrons. The van der Waals surface area contributed by atoms with Crippen molar-refractivity contribution in [3.05, 3.63) is 30.1 Å². The molecule has 1 rings (SSSR count). The highest BCUT2D eigenvalue weighted by molar-refractivity contribution is 6.65. The van der Waals surface area contributed by atoms with Gasteiger partial charge in [-0.05, 0) is 56.6 Å². The Kier molecular flexibility index (Phi) is 4.44. The number of carbonyl (C=O) groups is 1. The molecular formula is C12H17ClN2O. The lowest BCUT2D eigenvalue weighted by Gasteiger charge is -2.31. The molecule has 0 fully saturated rings. The smallest absolute Gasteiger partial charge is 0.241 e. The lowest BCUT2D eigenvalue weighted by Crippen LogP contribution is -2.46. The minimum Gasteiger partial charge on any atom is -0.293 e. The van der Waals surface area contributed by atoms with Crippen LogP contribution in [-0.4, -0.2) is 34.3 Å². The van der Waals surface area contributed by atoms with Crippen LogP contribution in [0, 0.1) is 0 Å². The largest absolute Gasteiger partial charge is 0.293 e. The van der Waals surface area contributed by atoms with Gasteiger partial charge in [0.1, 0.15) is 0 Å². The molecular weight excluding hydrogens is 224 g/mol. The van der Waals surface area contributed by atoms with Crippen molar-refractivity contribution in [3.63, 3.8) is 0 Å². The van der Waals surface area contributed by atoms with E-state index >= 15 is 0 Å². The van der Waals surface area contributed by atoms with Crippen molar-refractivity contribution >= 4 is 16.8 Å². The Labute approximate surface area is 101 Å². The fourth-order valence-corrected chi connectivity index (χ4v) is 1.42. The van der Waals surface area contributed by atoms with Crippen molar-refractivity contribution in [2.45, 2.75) is 25.8 Å². The van der Waals surface area contributed by atoms with Gasteiger partial charge in [0.25, 0.3) is 0 Å². The summed E-state index contributed by atoms with van der Waals surface area (Å²) in [7, 11) is 1.90. The van der Waals surface area contributed by atoms with Gasteiger partial charge >= 0.3 is 0 Å². The number of nitrogens with zero attached hydrogens (tertiary/aromatic N) is 2. The van der Waals surface area contributed by atoms with Crippen molar-refractivity contribution in [1.29, 1.82) is 0 Å². The minimum atomic E-state index is -0.616. The molecule has 0 bridgehead atoms. The van der Waals surface area contributed by atoms with Crippen molar-refractivity contribution in [1.82, 2.24) is 9.88 Å². The second kappa shape index (κ2) is 5.41. The summed E-state index contributed by atoms with van der Waals surface area (Å²) in [4.78, 5) is 17.2. The normalized spacial score (nSPS) is 11.8. The standard InChI is InChI=1S/C12H17ClN2O/c1-12(2,11(13)16)15(3)9-6-10-4-7-14-8-5-10/h4-5,7-8H,6,9H2,1-3H3. The molecule has 16 heavy (non-hydrogen) atoms. The number of likely N-dealkylation sites (N-methyl/N-ethyl adjacent to an activating group) is 1. The highest BCUT2D eigenvalue weighted by Gasteiger charge is 2.30. The van der Waals surface area contributed by atoms with Gasteiger partial charge in [0, 0.05) is 18.9 Å². The van der Waals surface area contributed by atoms with E-state index in [0.29, 0.717) is 0 Å². The zero-order chi connectivity index (χ0) is 12.2. The van der Waals surface area contributed by atoms with E-state index in [4.69, 9.17) is 11.6 Å². The van der Waals surface area contributed by atoms with Gasteiger partial charge in [-0.15, -0.1) is 0 Å². The summed E-state index contributed by atoms with van der Waals surface area (Å²) in [6.45, 7) is 4.44. The maximum absolute atomic E-state index is 11.2. The van der Waals surface area contributed by atoms with Crippen LogP contribution in [0.25, 0.3) is 0 Å². The first-order chi connectivity index (χ1) is 7.44. The van der Waals surface area contributed by atoms with Crippen LogP contribution in [0.15, 0.2) is 24.5 Å². The lowest BCUT2D eigenvalue weighted by atomic mass is 10.0. The molecule has 0 atom stereocenters. The van der Waals surface area contributed by atoms with Crippen LogP contribution < -0.4 is 0 Å². The molecule has 1 aromatic heterocycles. The van der Waals surface area contributed by atoms with E-state index in [9.17, 15) is 4.79 Å². The van der Waals surface area contributed by atoms with Gasteiger partial charge in [-0.3, -0.25) is 14.7 Å². The summed E-state index contributed by atoms with van der Waals surface area (Å²) in [6.07, 6.45) is 4.42. The predicted molar refractivity (Wildman–Crippen MR) is 65.5 cm³/mol. The SMILES string of the molecule is CN(CCc1ccncc1)C(C)(C)C(=O)Cl. The number of rotatable bonds is 5. The van der Waals surface area contributed by atoms with Gasteiger partial charge < -0.3 is 0 Å². The van der Waals surface area contributed by atoms with E-state index < -0.39 is 5.54 Å². The number of pyridine rings is 1. The number of halogens is 1. The molecule has 1 heterocycles. The molecule has 0 radical (unpaired) electrons. The van der Waals surface area contributed by atoms with Gasteiger partial charge in [-0.2, -0.15) is 0 Å². The summed E-state index contributed by atoms with van der Waals surface area (Å²) in [5.74, 6) is 0. The third-order valence-electron chi connectivity index (χ3n) is 2.92. The molecule has 0 saturated carbocycles. The van der Waals surface area contributed by atoms with Crippen LogP contribution in [-0.2, 0) is 11.2 Å². The topological polar surface area (TPSA) is 33.2 Å². The molecule has 0 N–H and O–H groups in total. The second-order valence-corrected chi connectivity index (χ2v) is 4.70. The van der Waals surface area contributed by atoms with E-state index in [1.54, 1.807) is 12.4 Å². The van der Waals surface area contributed by atoms with E-state index in [2.05, 4.69) is 4.98 Å². The van der Waals surface area contributed by atoms with Crippen LogP contribution in [0.1, 0.15) is 19.4 Å². The molecule has 4 heteroatoms. The summed E-state index contributed by atoms with van der Waals surface area (Å²) in [5.41, 5.74) is 0.592. The van der Waals surface area contributed by atoms with E-state index in [1.165, 1.54) is 5.56 Å². The molecule has 0 aliphatic rings. The molecule has 0 spiro atoms. The Balaban J connectivity index is 2.53. The Bertz CT molecular complexity index is 351. The molecule has 3 nitrogen and oxygen atoms in total. The summed E-state index contributed by atoms with van der Waals surface area (Å²) >= 11 is 5.56. The Morgan fingerprint density at radius 2 is 2.00 bits per heavy atom. The average Bonchev–Trinajstić information content (AvgIpc) is 2.27. The molecule has 0 aliphatic heterocycles. The van der Waals surface area contributed by atoms with Crippen molar-refractivity contribution in [3.8, 4) is 0 Å². The maximum atomic E-state index is 11.2. The first-order valence-corrected chi connectivity index (χ1v) is 5.62. The molecule has 0 aromatic carbocycles. The monoisotopic (exact) mass is 240 g/mol. The average molecular weight is 241 g/mol. The highest BCUT2D eigenvalue weighted by atomic mass is 35.5. The highest BCUT2D eigenvalue weighted by Crippen LogP contribution is 2.16. The van der Waals surface area contributed by atoms with Gasteiger partial charge in [0.05, 0.1) is 5.54 Å². The third-order valence-corrected chi connectivity index (χ3v) is 3.38. The number of hydrogen-bond donors (Lipinski definition) is 0. The first kappa shape index (κ1) is 13.1. The fourth-order valence-electron chi connectivity index (χ4n) is 1.28.